The van der Waals surface area contributed by atoms with Crippen LogP contribution in [0.15, 0.2) is 30.5 Å². The lowest BCUT2D eigenvalue weighted by molar-refractivity contribution is -0.141. The number of piperidine rings is 1. The third kappa shape index (κ3) is 4.37. The molecule has 1 aromatic carbocycles. The molecule has 2 amide bonds. The summed E-state index contributed by atoms with van der Waals surface area (Å²) < 4.78 is 46.3. The standard InChI is InChI=1S/C22H24F3N7O2/c1-26-21(33)28-14-7-5-13(6-8-14)18-29-19-17(9-27-31(19)12-22(23,24)25)20(30-18)32-15-3-2-4-16(32)11-34-10-15/h5-9,15-16H,2-4,10-12H2,1H3,(H2,26,28,33). The molecule has 2 aliphatic heterocycles. The molecule has 2 aliphatic rings. The zero-order valence-corrected chi connectivity index (χ0v) is 18.5. The fourth-order valence-electron chi connectivity index (χ4n) is 4.63. The van der Waals surface area contributed by atoms with Crippen LogP contribution in [0, 0.1) is 0 Å². The van der Waals surface area contributed by atoms with E-state index in [0.717, 1.165) is 23.9 Å². The predicted octanol–water partition coefficient (Wildman–Crippen LogP) is 3.56. The van der Waals surface area contributed by atoms with E-state index in [9.17, 15) is 18.0 Å². The van der Waals surface area contributed by atoms with Crippen molar-refractivity contribution >= 4 is 28.6 Å². The van der Waals surface area contributed by atoms with Gasteiger partial charge in [-0.2, -0.15) is 18.3 Å². The number of rotatable bonds is 4. The van der Waals surface area contributed by atoms with Crippen molar-refractivity contribution in [3.63, 3.8) is 0 Å². The lowest BCUT2D eigenvalue weighted by atomic mass is 9.94. The molecule has 2 N–H and O–H groups in total. The van der Waals surface area contributed by atoms with Gasteiger partial charge in [0, 0.05) is 18.3 Å². The largest absolute Gasteiger partial charge is 0.408 e. The Balaban J connectivity index is 1.60. The second kappa shape index (κ2) is 8.75. The lowest BCUT2D eigenvalue weighted by Gasteiger charge is -2.46. The van der Waals surface area contributed by atoms with E-state index in [4.69, 9.17) is 9.72 Å². The monoisotopic (exact) mass is 475 g/mol. The summed E-state index contributed by atoms with van der Waals surface area (Å²) in [5.74, 6) is 0.876. The summed E-state index contributed by atoms with van der Waals surface area (Å²) in [4.78, 5) is 23.0. The number of alkyl halides is 3. The molecular formula is C22H24F3N7O2. The molecule has 12 heteroatoms. The first-order valence-electron chi connectivity index (χ1n) is 11.1. The van der Waals surface area contributed by atoms with Crippen LogP contribution in [0.25, 0.3) is 22.4 Å². The normalized spacial score (nSPS) is 20.4. The number of urea groups is 1. The number of nitrogens with zero attached hydrogens (tertiary/aromatic N) is 5. The number of carbonyl (C=O) groups excluding carboxylic acids is 1. The van der Waals surface area contributed by atoms with Crippen LogP contribution in [0.4, 0.5) is 29.5 Å². The minimum atomic E-state index is -4.44. The van der Waals surface area contributed by atoms with Crippen LogP contribution in [0.1, 0.15) is 19.3 Å². The maximum absolute atomic E-state index is 13.2. The summed E-state index contributed by atoms with van der Waals surface area (Å²) in [6.07, 6.45) is -0.0974. The SMILES string of the molecule is CNC(=O)Nc1ccc(-c2nc(N3C4CCCC3COC4)c3cnn(CC(F)(F)F)c3n2)cc1. The number of amides is 2. The van der Waals surface area contributed by atoms with Crippen LogP contribution >= 0.6 is 0 Å². The first kappa shape index (κ1) is 22.4. The molecule has 3 aromatic rings. The zero-order valence-electron chi connectivity index (χ0n) is 18.5. The van der Waals surface area contributed by atoms with Crippen LogP contribution in [-0.4, -0.2) is 64.3 Å². The van der Waals surface area contributed by atoms with Gasteiger partial charge in [-0.25, -0.2) is 19.4 Å². The molecule has 2 aromatic heterocycles. The molecular weight excluding hydrogens is 451 g/mol. The van der Waals surface area contributed by atoms with Gasteiger partial charge in [-0.3, -0.25) is 0 Å². The number of hydrogen-bond acceptors (Lipinski definition) is 6. The number of morpholine rings is 1. The molecule has 2 atom stereocenters. The van der Waals surface area contributed by atoms with Gasteiger partial charge < -0.3 is 20.3 Å². The van der Waals surface area contributed by atoms with Gasteiger partial charge >= 0.3 is 12.2 Å². The Morgan fingerprint density at radius 2 is 1.85 bits per heavy atom. The number of hydrogen-bond donors (Lipinski definition) is 2. The molecule has 2 saturated heterocycles. The number of ether oxygens (including phenoxy) is 1. The Hall–Kier alpha value is -3.41. The van der Waals surface area contributed by atoms with Crippen LogP contribution in [0.5, 0.6) is 0 Å². The second-order valence-corrected chi connectivity index (χ2v) is 8.49. The highest BCUT2D eigenvalue weighted by molar-refractivity contribution is 5.90. The van der Waals surface area contributed by atoms with E-state index in [0.29, 0.717) is 41.5 Å². The third-order valence-electron chi connectivity index (χ3n) is 6.16. The number of benzene rings is 1. The highest BCUT2D eigenvalue weighted by Crippen LogP contribution is 2.37. The van der Waals surface area contributed by atoms with Crippen molar-refractivity contribution in [1.29, 1.82) is 0 Å². The molecule has 180 valence electrons. The molecule has 4 heterocycles. The van der Waals surface area contributed by atoms with E-state index in [1.807, 2.05) is 0 Å². The summed E-state index contributed by atoms with van der Waals surface area (Å²) >= 11 is 0. The number of nitrogens with one attached hydrogen (secondary N) is 2. The third-order valence-corrected chi connectivity index (χ3v) is 6.16. The topological polar surface area (TPSA) is 97.2 Å². The van der Waals surface area contributed by atoms with Crippen molar-refractivity contribution in [2.75, 3.05) is 30.5 Å². The highest BCUT2D eigenvalue weighted by Gasteiger charge is 2.37. The molecule has 0 radical (unpaired) electrons. The van der Waals surface area contributed by atoms with E-state index in [1.54, 1.807) is 24.3 Å². The van der Waals surface area contributed by atoms with Crippen LogP contribution in [-0.2, 0) is 11.3 Å². The van der Waals surface area contributed by atoms with E-state index in [1.165, 1.54) is 13.2 Å². The number of aromatic nitrogens is 4. The average molecular weight is 475 g/mol. The fraction of sp³-hybridized carbons (Fsp3) is 0.455. The molecule has 34 heavy (non-hydrogen) atoms. The Bertz CT molecular complexity index is 1170. The molecule has 0 spiro atoms. The van der Waals surface area contributed by atoms with Crippen molar-refractivity contribution in [3.8, 4) is 11.4 Å². The number of halogens is 3. The van der Waals surface area contributed by atoms with Crippen molar-refractivity contribution in [3.05, 3.63) is 30.5 Å². The van der Waals surface area contributed by atoms with Crippen molar-refractivity contribution in [1.82, 2.24) is 25.1 Å². The smallest absolute Gasteiger partial charge is 0.377 e. The van der Waals surface area contributed by atoms with E-state index < -0.39 is 12.7 Å². The van der Waals surface area contributed by atoms with Crippen molar-refractivity contribution < 1.29 is 22.7 Å². The molecule has 2 unspecified atom stereocenters. The van der Waals surface area contributed by atoms with E-state index >= 15 is 0 Å². The molecule has 0 saturated carbocycles. The minimum absolute atomic E-state index is 0.101. The summed E-state index contributed by atoms with van der Waals surface area (Å²) in [6.45, 7) is -0.140. The number of carbonyl (C=O) groups is 1. The summed E-state index contributed by atoms with van der Waals surface area (Å²) in [5.41, 5.74) is 1.31. The van der Waals surface area contributed by atoms with Crippen molar-refractivity contribution in [2.24, 2.45) is 0 Å². The number of anilines is 2. The van der Waals surface area contributed by atoms with Crippen molar-refractivity contribution in [2.45, 2.75) is 44.1 Å². The van der Waals surface area contributed by atoms with Crippen LogP contribution in [0.2, 0.25) is 0 Å². The summed E-state index contributed by atoms with van der Waals surface area (Å²) in [5, 5.41) is 9.63. The molecule has 2 fully saturated rings. The van der Waals surface area contributed by atoms with E-state index in [-0.39, 0.29) is 23.8 Å². The first-order chi connectivity index (χ1) is 16.3. The molecule has 2 bridgehead atoms. The predicted molar refractivity (Wildman–Crippen MR) is 120 cm³/mol. The van der Waals surface area contributed by atoms with Gasteiger partial charge in [0.2, 0.25) is 0 Å². The quantitative estimate of drug-likeness (QED) is 0.599. The number of fused-ring (bicyclic) bond motifs is 3. The minimum Gasteiger partial charge on any atom is -0.377 e. The zero-order chi connectivity index (χ0) is 23.9. The summed E-state index contributed by atoms with van der Waals surface area (Å²) in [6, 6.07) is 6.67. The molecule has 5 rings (SSSR count). The molecule has 9 nitrogen and oxygen atoms in total. The van der Waals surface area contributed by atoms with Crippen LogP contribution in [0.3, 0.4) is 0 Å². The Morgan fingerprint density at radius 1 is 1.15 bits per heavy atom. The van der Waals surface area contributed by atoms with Gasteiger partial charge in [0.1, 0.15) is 12.4 Å². The molecule has 0 aliphatic carbocycles. The Kier molecular flexibility index (Phi) is 5.76. The van der Waals surface area contributed by atoms with Gasteiger partial charge in [0.25, 0.3) is 0 Å². The summed E-state index contributed by atoms with van der Waals surface area (Å²) in [7, 11) is 1.51. The van der Waals surface area contributed by atoms with Crippen LogP contribution < -0.4 is 15.5 Å². The van der Waals surface area contributed by atoms with Gasteiger partial charge in [-0.1, -0.05) is 0 Å². The maximum Gasteiger partial charge on any atom is 0.408 e. The Labute approximate surface area is 193 Å². The van der Waals surface area contributed by atoms with Gasteiger partial charge in [-0.05, 0) is 43.5 Å². The van der Waals surface area contributed by atoms with E-state index in [2.05, 4.69) is 25.6 Å². The fourth-order valence-corrected chi connectivity index (χ4v) is 4.63. The lowest BCUT2D eigenvalue weighted by Crippen LogP contribution is -2.55. The maximum atomic E-state index is 13.2. The van der Waals surface area contributed by atoms with Gasteiger partial charge in [-0.15, -0.1) is 0 Å². The first-order valence-corrected chi connectivity index (χ1v) is 11.1. The Morgan fingerprint density at radius 3 is 2.50 bits per heavy atom. The average Bonchev–Trinajstić information content (AvgIpc) is 3.19. The van der Waals surface area contributed by atoms with Gasteiger partial charge in [0.05, 0.1) is 36.9 Å². The van der Waals surface area contributed by atoms with Gasteiger partial charge in [0.15, 0.2) is 11.5 Å². The second-order valence-electron chi connectivity index (χ2n) is 8.49. The highest BCUT2D eigenvalue weighted by atomic mass is 19.4.